The Hall–Kier alpha value is -2.45. The number of amides is 1. The summed E-state index contributed by atoms with van der Waals surface area (Å²) in [7, 11) is 0. The van der Waals surface area contributed by atoms with Gasteiger partial charge in [0.05, 0.1) is 11.9 Å². The molecule has 7 nitrogen and oxygen atoms in total. The van der Waals surface area contributed by atoms with Crippen molar-refractivity contribution in [3.8, 4) is 11.4 Å². The highest BCUT2D eigenvalue weighted by atomic mass is 19.1. The van der Waals surface area contributed by atoms with Crippen molar-refractivity contribution in [1.82, 2.24) is 15.1 Å². The number of nitrogens with zero attached hydrogens (tertiary/aromatic N) is 2. The smallest absolute Gasteiger partial charge is 0.275 e. The number of aryl methyl sites for hydroxylation is 1. The first-order chi connectivity index (χ1) is 12.5. The van der Waals surface area contributed by atoms with Gasteiger partial charge >= 0.3 is 0 Å². The number of benzene rings is 1. The fourth-order valence-electron chi connectivity index (χ4n) is 3.14. The minimum atomic E-state index is -0.529. The van der Waals surface area contributed by atoms with Crippen molar-refractivity contribution in [2.75, 3.05) is 26.4 Å². The Kier molecular flexibility index (Phi) is 5.53. The molecule has 1 saturated heterocycles. The standard InChI is InChI=1S/C18H22FN3O4/c1-11-6-14(19)2-3-15(11)22-8-16(24)17(21-22)18(25)20-7-13(9-23)12-4-5-26-10-12/h2-3,6,8,12-13,23-24H,4-5,7,9-10H2,1H3,(H,20,25)/t12-,13-/m1/s1. The van der Waals surface area contributed by atoms with Crippen molar-refractivity contribution >= 4 is 5.91 Å². The topological polar surface area (TPSA) is 96.6 Å². The van der Waals surface area contributed by atoms with Crippen LogP contribution in [0.1, 0.15) is 22.5 Å². The van der Waals surface area contributed by atoms with Crippen molar-refractivity contribution in [2.45, 2.75) is 13.3 Å². The van der Waals surface area contributed by atoms with Gasteiger partial charge in [-0.25, -0.2) is 9.07 Å². The van der Waals surface area contributed by atoms with Crippen molar-refractivity contribution in [1.29, 1.82) is 0 Å². The number of aliphatic hydroxyl groups is 1. The van der Waals surface area contributed by atoms with Crippen LogP contribution >= 0.6 is 0 Å². The fraction of sp³-hybridized carbons (Fsp3) is 0.444. The summed E-state index contributed by atoms with van der Waals surface area (Å²) >= 11 is 0. The largest absolute Gasteiger partial charge is 0.504 e. The van der Waals surface area contributed by atoms with Crippen molar-refractivity contribution < 1.29 is 24.1 Å². The van der Waals surface area contributed by atoms with Crippen LogP contribution in [0, 0.1) is 24.6 Å². The molecular formula is C18H22FN3O4. The zero-order valence-electron chi connectivity index (χ0n) is 14.5. The van der Waals surface area contributed by atoms with E-state index in [4.69, 9.17) is 4.74 Å². The van der Waals surface area contributed by atoms with Gasteiger partial charge < -0.3 is 20.3 Å². The molecule has 2 aromatic rings. The van der Waals surface area contributed by atoms with E-state index >= 15 is 0 Å². The van der Waals surface area contributed by atoms with E-state index < -0.39 is 5.91 Å². The number of aromatic hydroxyl groups is 1. The zero-order chi connectivity index (χ0) is 18.7. The number of carbonyl (C=O) groups excluding carboxylic acids is 1. The molecule has 0 aliphatic carbocycles. The summed E-state index contributed by atoms with van der Waals surface area (Å²) in [6.45, 7) is 3.17. The molecule has 1 aliphatic rings. The number of ether oxygens (including phenoxy) is 1. The number of aliphatic hydroxyl groups excluding tert-OH is 1. The molecule has 2 atom stereocenters. The first-order valence-electron chi connectivity index (χ1n) is 8.51. The molecule has 1 aliphatic heterocycles. The van der Waals surface area contributed by atoms with E-state index in [1.807, 2.05) is 0 Å². The Morgan fingerprint density at radius 3 is 3.00 bits per heavy atom. The molecule has 0 radical (unpaired) electrons. The lowest BCUT2D eigenvalue weighted by Crippen LogP contribution is -2.35. The van der Waals surface area contributed by atoms with Crippen LogP contribution in [0.3, 0.4) is 0 Å². The van der Waals surface area contributed by atoms with Gasteiger partial charge in [-0.3, -0.25) is 4.79 Å². The second-order valence-electron chi connectivity index (χ2n) is 6.51. The number of carbonyl (C=O) groups is 1. The van der Waals surface area contributed by atoms with Crippen LogP contribution in [-0.2, 0) is 4.74 Å². The van der Waals surface area contributed by atoms with Crippen LogP contribution in [0.25, 0.3) is 5.69 Å². The van der Waals surface area contributed by atoms with E-state index in [1.54, 1.807) is 6.92 Å². The summed E-state index contributed by atoms with van der Waals surface area (Å²) in [6.07, 6.45) is 2.16. The summed E-state index contributed by atoms with van der Waals surface area (Å²) in [6, 6.07) is 4.17. The molecule has 3 N–H and O–H groups in total. The molecule has 1 aromatic heterocycles. The van der Waals surface area contributed by atoms with Crippen molar-refractivity contribution in [3.05, 3.63) is 41.5 Å². The maximum Gasteiger partial charge on any atom is 0.275 e. The summed E-state index contributed by atoms with van der Waals surface area (Å²) in [5.41, 5.74) is 1.08. The lowest BCUT2D eigenvalue weighted by atomic mass is 9.92. The maximum atomic E-state index is 13.2. The van der Waals surface area contributed by atoms with Crippen LogP contribution in [0.15, 0.2) is 24.4 Å². The number of halogens is 1. The van der Waals surface area contributed by atoms with Crippen LogP contribution in [0.4, 0.5) is 4.39 Å². The Morgan fingerprint density at radius 2 is 2.35 bits per heavy atom. The van der Waals surface area contributed by atoms with E-state index in [2.05, 4.69) is 10.4 Å². The molecule has 140 valence electrons. The van der Waals surface area contributed by atoms with Crippen molar-refractivity contribution in [3.63, 3.8) is 0 Å². The third kappa shape index (κ3) is 3.86. The molecule has 1 fully saturated rings. The highest BCUT2D eigenvalue weighted by Crippen LogP contribution is 2.23. The molecule has 0 saturated carbocycles. The van der Waals surface area contributed by atoms with E-state index in [0.29, 0.717) is 24.5 Å². The monoisotopic (exact) mass is 363 g/mol. The van der Waals surface area contributed by atoms with Gasteiger partial charge in [0.15, 0.2) is 11.4 Å². The molecule has 3 rings (SSSR count). The van der Waals surface area contributed by atoms with Gasteiger partial charge in [0.2, 0.25) is 0 Å². The second-order valence-corrected chi connectivity index (χ2v) is 6.51. The third-order valence-corrected chi connectivity index (χ3v) is 4.71. The Balaban J connectivity index is 1.70. The highest BCUT2D eigenvalue weighted by Gasteiger charge is 2.26. The van der Waals surface area contributed by atoms with Gasteiger partial charge in [-0.1, -0.05) is 0 Å². The Labute approximate surface area is 150 Å². The lowest BCUT2D eigenvalue weighted by Gasteiger charge is -2.20. The maximum absolute atomic E-state index is 13.2. The summed E-state index contributed by atoms with van der Waals surface area (Å²) in [5, 5.41) is 26.4. The normalized spacial score (nSPS) is 18.0. The SMILES string of the molecule is Cc1cc(F)ccc1-n1cc(O)c(C(=O)NC[C@H](CO)[C@@H]2CCOC2)n1. The molecule has 1 amide bonds. The number of hydrogen-bond donors (Lipinski definition) is 3. The van der Waals surface area contributed by atoms with Crippen LogP contribution in [0.5, 0.6) is 5.75 Å². The number of hydrogen-bond acceptors (Lipinski definition) is 5. The molecule has 26 heavy (non-hydrogen) atoms. The van der Waals surface area contributed by atoms with E-state index in [-0.39, 0.29) is 42.2 Å². The molecule has 0 bridgehead atoms. The van der Waals surface area contributed by atoms with Gasteiger partial charge in [-0.05, 0) is 43.0 Å². The average Bonchev–Trinajstić information content (AvgIpc) is 3.25. The predicted octanol–water partition coefficient (Wildman–Crippen LogP) is 1.40. The minimum absolute atomic E-state index is 0.0521. The van der Waals surface area contributed by atoms with E-state index in [0.717, 1.165) is 6.42 Å². The van der Waals surface area contributed by atoms with Crippen LogP contribution in [0.2, 0.25) is 0 Å². The molecule has 2 heterocycles. The molecular weight excluding hydrogens is 341 g/mol. The Morgan fingerprint density at radius 1 is 1.54 bits per heavy atom. The minimum Gasteiger partial charge on any atom is -0.504 e. The third-order valence-electron chi connectivity index (χ3n) is 4.71. The number of aromatic nitrogens is 2. The fourth-order valence-corrected chi connectivity index (χ4v) is 3.14. The van der Waals surface area contributed by atoms with Crippen molar-refractivity contribution in [2.24, 2.45) is 11.8 Å². The van der Waals surface area contributed by atoms with E-state index in [1.165, 1.54) is 29.1 Å². The van der Waals surface area contributed by atoms with Crippen LogP contribution < -0.4 is 5.32 Å². The average molecular weight is 363 g/mol. The Bertz CT molecular complexity index is 787. The highest BCUT2D eigenvalue weighted by molar-refractivity contribution is 5.94. The lowest BCUT2D eigenvalue weighted by molar-refractivity contribution is 0.0910. The molecule has 0 spiro atoms. The second kappa shape index (κ2) is 7.84. The predicted molar refractivity (Wildman–Crippen MR) is 91.8 cm³/mol. The summed E-state index contributed by atoms with van der Waals surface area (Å²) in [5.74, 6) is -1.07. The summed E-state index contributed by atoms with van der Waals surface area (Å²) in [4.78, 5) is 12.4. The van der Waals surface area contributed by atoms with Gasteiger partial charge in [-0.15, -0.1) is 0 Å². The first kappa shape index (κ1) is 18.3. The molecule has 0 unspecified atom stereocenters. The zero-order valence-corrected chi connectivity index (χ0v) is 14.5. The molecule has 1 aromatic carbocycles. The quantitative estimate of drug-likeness (QED) is 0.721. The van der Waals surface area contributed by atoms with Crippen LogP contribution in [-0.4, -0.2) is 52.3 Å². The van der Waals surface area contributed by atoms with E-state index in [9.17, 15) is 19.4 Å². The van der Waals surface area contributed by atoms with Gasteiger partial charge in [0.1, 0.15) is 5.82 Å². The first-order valence-corrected chi connectivity index (χ1v) is 8.51. The summed E-state index contributed by atoms with van der Waals surface area (Å²) < 4.78 is 19.9. The van der Waals surface area contributed by atoms with Gasteiger partial charge in [0.25, 0.3) is 5.91 Å². The van der Waals surface area contributed by atoms with Gasteiger partial charge in [0, 0.05) is 32.3 Å². The molecule has 8 heteroatoms. The number of rotatable bonds is 6. The van der Waals surface area contributed by atoms with Gasteiger partial charge in [-0.2, -0.15) is 5.10 Å². The number of nitrogens with one attached hydrogen (secondary N) is 1.